The molecule has 1 aromatic heterocycles. The van der Waals surface area contributed by atoms with E-state index in [1.807, 2.05) is 0 Å². The van der Waals surface area contributed by atoms with Crippen molar-refractivity contribution in [1.29, 1.82) is 0 Å². The third-order valence-electron chi connectivity index (χ3n) is 2.48. The molecule has 0 unspecified atom stereocenters. The average Bonchev–Trinajstić information content (AvgIpc) is 2.57. The lowest BCUT2D eigenvalue weighted by Gasteiger charge is -2.13. The number of hydrogen-bond acceptors (Lipinski definition) is 3. The molecule has 0 saturated heterocycles. The molecule has 1 rings (SSSR count). The smallest absolute Gasteiger partial charge is 0.147 e. The molecule has 0 fully saturated rings. The van der Waals surface area contributed by atoms with Crippen LogP contribution >= 0.6 is 0 Å². The first-order valence-corrected chi connectivity index (χ1v) is 5.69. The van der Waals surface area contributed by atoms with Crippen molar-refractivity contribution < 1.29 is 0 Å². The van der Waals surface area contributed by atoms with Crippen LogP contribution in [0, 0.1) is 5.92 Å². The Bertz CT molecular complexity index is 302. The van der Waals surface area contributed by atoms with Crippen LogP contribution in [0.4, 0.5) is 0 Å². The van der Waals surface area contributed by atoms with Crippen molar-refractivity contribution in [1.82, 2.24) is 14.8 Å². The van der Waals surface area contributed by atoms with E-state index in [4.69, 9.17) is 5.73 Å². The van der Waals surface area contributed by atoms with Crippen LogP contribution in [-0.4, -0.2) is 14.8 Å². The van der Waals surface area contributed by atoms with E-state index in [9.17, 15) is 0 Å². The summed E-state index contributed by atoms with van der Waals surface area (Å²) in [5, 5.41) is 8.33. The maximum Gasteiger partial charge on any atom is 0.147 e. The van der Waals surface area contributed by atoms with Gasteiger partial charge in [0.25, 0.3) is 0 Å². The van der Waals surface area contributed by atoms with Crippen molar-refractivity contribution >= 4 is 0 Å². The Kier molecular flexibility index (Phi) is 4.27. The monoisotopic (exact) mass is 210 g/mol. The summed E-state index contributed by atoms with van der Waals surface area (Å²) in [6, 6.07) is 0.390. The molecule has 15 heavy (non-hydrogen) atoms. The SMILES string of the molecule is CC(C)CCc1nnc(CN)n1C(C)C. The van der Waals surface area contributed by atoms with Crippen LogP contribution < -0.4 is 5.73 Å². The molecule has 86 valence electrons. The molecule has 1 aromatic rings. The Morgan fingerprint density at radius 1 is 1.13 bits per heavy atom. The van der Waals surface area contributed by atoms with Gasteiger partial charge in [-0.2, -0.15) is 0 Å². The zero-order valence-corrected chi connectivity index (χ0v) is 10.2. The summed E-state index contributed by atoms with van der Waals surface area (Å²) < 4.78 is 2.16. The van der Waals surface area contributed by atoms with Gasteiger partial charge in [0.15, 0.2) is 0 Å². The van der Waals surface area contributed by atoms with Crippen molar-refractivity contribution in [3.05, 3.63) is 11.6 Å². The minimum absolute atomic E-state index is 0.390. The predicted octanol–water partition coefficient (Wildman–Crippen LogP) is 1.91. The number of hydrogen-bond donors (Lipinski definition) is 1. The first kappa shape index (κ1) is 12.2. The summed E-state index contributed by atoms with van der Waals surface area (Å²) in [5.74, 6) is 2.66. The van der Waals surface area contributed by atoms with E-state index in [1.54, 1.807) is 0 Å². The van der Waals surface area contributed by atoms with Crippen LogP contribution in [0.5, 0.6) is 0 Å². The van der Waals surface area contributed by atoms with Gasteiger partial charge in [-0.3, -0.25) is 0 Å². The first-order chi connectivity index (χ1) is 7.06. The van der Waals surface area contributed by atoms with E-state index in [0.717, 1.165) is 24.5 Å². The Balaban J connectivity index is 2.82. The van der Waals surface area contributed by atoms with Crippen LogP contribution in [0.3, 0.4) is 0 Å². The van der Waals surface area contributed by atoms with Crippen molar-refractivity contribution in [2.45, 2.75) is 53.1 Å². The normalized spacial score (nSPS) is 11.7. The second-order valence-electron chi connectivity index (χ2n) is 4.63. The average molecular weight is 210 g/mol. The fourth-order valence-corrected chi connectivity index (χ4v) is 1.68. The topological polar surface area (TPSA) is 56.7 Å². The molecule has 4 nitrogen and oxygen atoms in total. The van der Waals surface area contributed by atoms with E-state index in [0.29, 0.717) is 18.5 Å². The number of nitrogens with two attached hydrogens (primary N) is 1. The largest absolute Gasteiger partial charge is 0.324 e. The van der Waals surface area contributed by atoms with Crippen LogP contribution in [-0.2, 0) is 13.0 Å². The van der Waals surface area contributed by atoms with Gasteiger partial charge in [0, 0.05) is 12.5 Å². The number of aryl methyl sites for hydroxylation is 1. The molecule has 0 spiro atoms. The Hall–Kier alpha value is -0.900. The molecule has 0 aromatic carbocycles. The quantitative estimate of drug-likeness (QED) is 0.807. The zero-order valence-electron chi connectivity index (χ0n) is 10.2. The number of rotatable bonds is 5. The Labute approximate surface area is 91.9 Å². The minimum Gasteiger partial charge on any atom is -0.324 e. The first-order valence-electron chi connectivity index (χ1n) is 5.69. The van der Waals surface area contributed by atoms with E-state index in [2.05, 4.69) is 42.5 Å². The molecule has 0 aliphatic carbocycles. The minimum atomic E-state index is 0.390. The maximum absolute atomic E-state index is 5.63. The molecule has 0 bridgehead atoms. The van der Waals surface area contributed by atoms with E-state index >= 15 is 0 Å². The number of aromatic nitrogens is 3. The van der Waals surface area contributed by atoms with Gasteiger partial charge >= 0.3 is 0 Å². The molecule has 1 heterocycles. The molecule has 0 aliphatic heterocycles. The predicted molar refractivity (Wildman–Crippen MR) is 61.5 cm³/mol. The van der Waals surface area contributed by atoms with Gasteiger partial charge in [0.1, 0.15) is 11.6 Å². The Morgan fingerprint density at radius 3 is 2.20 bits per heavy atom. The summed E-state index contributed by atoms with van der Waals surface area (Å²) in [6.07, 6.45) is 2.14. The van der Waals surface area contributed by atoms with Gasteiger partial charge in [-0.1, -0.05) is 13.8 Å². The third-order valence-corrected chi connectivity index (χ3v) is 2.48. The highest BCUT2D eigenvalue weighted by molar-refractivity contribution is 4.98. The van der Waals surface area contributed by atoms with E-state index in [-0.39, 0.29) is 0 Å². The maximum atomic E-state index is 5.63. The third kappa shape index (κ3) is 3.02. The van der Waals surface area contributed by atoms with Crippen LogP contribution in [0.1, 0.15) is 51.8 Å². The van der Waals surface area contributed by atoms with Gasteiger partial charge in [0.05, 0.1) is 6.54 Å². The van der Waals surface area contributed by atoms with Crippen LogP contribution in [0.15, 0.2) is 0 Å². The van der Waals surface area contributed by atoms with Gasteiger partial charge < -0.3 is 10.3 Å². The Morgan fingerprint density at radius 2 is 1.73 bits per heavy atom. The molecule has 4 heteroatoms. The van der Waals surface area contributed by atoms with Crippen LogP contribution in [0.2, 0.25) is 0 Å². The fourth-order valence-electron chi connectivity index (χ4n) is 1.68. The summed E-state index contributed by atoms with van der Waals surface area (Å²) in [4.78, 5) is 0. The van der Waals surface area contributed by atoms with Crippen molar-refractivity contribution in [3.63, 3.8) is 0 Å². The highest BCUT2D eigenvalue weighted by atomic mass is 15.3. The standard InChI is InChI=1S/C11H22N4/c1-8(2)5-6-10-13-14-11(7-12)15(10)9(3)4/h8-9H,5-7,12H2,1-4H3. The van der Waals surface area contributed by atoms with E-state index in [1.165, 1.54) is 0 Å². The van der Waals surface area contributed by atoms with Gasteiger partial charge in [-0.25, -0.2) is 0 Å². The van der Waals surface area contributed by atoms with E-state index < -0.39 is 0 Å². The van der Waals surface area contributed by atoms with Gasteiger partial charge in [-0.05, 0) is 26.2 Å². The highest BCUT2D eigenvalue weighted by Gasteiger charge is 2.13. The molecule has 0 atom stereocenters. The number of nitrogens with zero attached hydrogens (tertiary/aromatic N) is 3. The molecule has 0 amide bonds. The molecular weight excluding hydrogens is 188 g/mol. The zero-order chi connectivity index (χ0) is 11.4. The van der Waals surface area contributed by atoms with Crippen molar-refractivity contribution in [3.8, 4) is 0 Å². The molecular formula is C11H22N4. The lowest BCUT2D eigenvalue weighted by molar-refractivity contribution is 0.512. The molecule has 2 N–H and O–H groups in total. The van der Waals surface area contributed by atoms with Crippen molar-refractivity contribution in [2.75, 3.05) is 0 Å². The summed E-state index contributed by atoms with van der Waals surface area (Å²) in [6.45, 7) is 9.19. The van der Waals surface area contributed by atoms with Gasteiger partial charge in [-0.15, -0.1) is 10.2 Å². The fraction of sp³-hybridized carbons (Fsp3) is 0.818. The lowest BCUT2D eigenvalue weighted by Crippen LogP contribution is -2.13. The molecule has 0 radical (unpaired) electrons. The second-order valence-corrected chi connectivity index (χ2v) is 4.63. The van der Waals surface area contributed by atoms with Gasteiger partial charge in [0.2, 0.25) is 0 Å². The van der Waals surface area contributed by atoms with Crippen molar-refractivity contribution in [2.24, 2.45) is 11.7 Å². The molecule has 0 saturated carbocycles. The summed E-state index contributed by atoms with van der Waals surface area (Å²) in [7, 11) is 0. The second kappa shape index (κ2) is 5.26. The summed E-state index contributed by atoms with van der Waals surface area (Å²) >= 11 is 0. The molecule has 0 aliphatic rings. The lowest BCUT2D eigenvalue weighted by atomic mass is 10.1. The highest BCUT2D eigenvalue weighted by Crippen LogP contribution is 2.14. The van der Waals surface area contributed by atoms with Crippen LogP contribution in [0.25, 0.3) is 0 Å². The summed E-state index contributed by atoms with van der Waals surface area (Å²) in [5.41, 5.74) is 5.63.